The number of hydrogen-bond donors (Lipinski definition) is 2. The Morgan fingerprint density at radius 2 is 1.88 bits per heavy atom. The van der Waals surface area contributed by atoms with Crippen molar-refractivity contribution in [1.29, 1.82) is 0 Å². The fraction of sp³-hybridized carbons (Fsp3) is 0.350. The van der Waals surface area contributed by atoms with Crippen LogP contribution in [0, 0.1) is 0 Å². The molecular formula is C20H26N2O3. The monoisotopic (exact) mass is 342 g/mol. The van der Waals surface area contributed by atoms with Gasteiger partial charge in [0.25, 0.3) is 5.91 Å². The lowest BCUT2D eigenvalue weighted by molar-refractivity contribution is 0.0951. The minimum atomic E-state index is -0.0990. The van der Waals surface area contributed by atoms with E-state index in [1.165, 1.54) is 0 Å². The highest BCUT2D eigenvalue weighted by atomic mass is 16.5. The first-order valence-corrected chi connectivity index (χ1v) is 8.44. The van der Waals surface area contributed by atoms with E-state index in [1.807, 2.05) is 48.5 Å². The predicted molar refractivity (Wildman–Crippen MR) is 100 cm³/mol. The summed E-state index contributed by atoms with van der Waals surface area (Å²) in [5.74, 6) is 0.671. The summed E-state index contributed by atoms with van der Waals surface area (Å²) >= 11 is 0. The molecule has 0 heterocycles. The Balaban J connectivity index is 1.92. The number of rotatable bonds is 9. The molecule has 0 aromatic heterocycles. The van der Waals surface area contributed by atoms with E-state index in [-0.39, 0.29) is 5.91 Å². The van der Waals surface area contributed by atoms with Crippen LogP contribution >= 0.6 is 0 Å². The van der Waals surface area contributed by atoms with Gasteiger partial charge in [0.1, 0.15) is 12.4 Å². The van der Waals surface area contributed by atoms with Crippen LogP contribution in [0.3, 0.4) is 0 Å². The van der Waals surface area contributed by atoms with Crippen LogP contribution in [0.2, 0.25) is 0 Å². The van der Waals surface area contributed by atoms with E-state index in [0.717, 1.165) is 17.0 Å². The van der Waals surface area contributed by atoms with Gasteiger partial charge in [0, 0.05) is 30.9 Å². The third-order valence-electron chi connectivity index (χ3n) is 3.49. The highest BCUT2D eigenvalue weighted by Gasteiger charge is 2.07. The lowest BCUT2D eigenvalue weighted by Gasteiger charge is -2.12. The van der Waals surface area contributed by atoms with Gasteiger partial charge in [-0.2, -0.15) is 0 Å². The van der Waals surface area contributed by atoms with Gasteiger partial charge in [-0.15, -0.1) is 0 Å². The molecule has 25 heavy (non-hydrogen) atoms. The summed E-state index contributed by atoms with van der Waals surface area (Å²) in [5.41, 5.74) is 2.56. The Kier molecular flexibility index (Phi) is 7.29. The number of benzene rings is 2. The van der Waals surface area contributed by atoms with Crippen molar-refractivity contribution in [2.75, 3.05) is 25.6 Å². The van der Waals surface area contributed by atoms with Crippen molar-refractivity contribution in [2.45, 2.75) is 26.4 Å². The topological polar surface area (TPSA) is 59.6 Å². The van der Waals surface area contributed by atoms with Crippen molar-refractivity contribution in [1.82, 2.24) is 5.32 Å². The van der Waals surface area contributed by atoms with Crippen LogP contribution in [-0.2, 0) is 11.3 Å². The van der Waals surface area contributed by atoms with E-state index in [9.17, 15) is 4.79 Å². The van der Waals surface area contributed by atoms with Crippen LogP contribution < -0.4 is 15.4 Å². The third-order valence-corrected chi connectivity index (χ3v) is 3.49. The molecule has 0 atom stereocenters. The number of hydrogen-bond acceptors (Lipinski definition) is 4. The number of anilines is 1. The summed E-state index contributed by atoms with van der Waals surface area (Å²) in [6.45, 7) is 5.62. The number of amides is 1. The second-order valence-corrected chi connectivity index (χ2v) is 6.05. The summed E-state index contributed by atoms with van der Waals surface area (Å²) in [6, 6.07) is 15.5. The van der Waals surface area contributed by atoms with Gasteiger partial charge in [0.15, 0.2) is 0 Å². The highest BCUT2D eigenvalue weighted by molar-refractivity contribution is 5.95. The smallest absolute Gasteiger partial charge is 0.251 e. The molecule has 2 rings (SSSR count). The molecule has 5 nitrogen and oxygen atoms in total. The predicted octanol–water partition coefficient (Wildman–Crippen LogP) is 3.46. The molecular weight excluding hydrogens is 316 g/mol. The van der Waals surface area contributed by atoms with Gasteiger partial charge in [-0.3, -0.25) is 4.79 Å². The zero-order valence-electron chi connectivity index (χ0n) is 15.0. The van der Waals surface area contributed by atoms with Crippen molar-refractivity contribution >= 4 is 11.6 Å². The van der Waals surface area contributed by atoms with E-state index < -0.39 is 0 Å². The van der Waals surface area contributed by atoms with Gasteiger partial charge in [0.05, 0.1) is 6.61 Å². The molecule has 0 fully saturated rings. The summed E-state index contributed by atoms with van der Waals surface area (Å²) in [5, 5.41) is 6.24. The quantitative estimate of drug-likeness (QED) is 0.685. The number of nitrogens with one attached hydrogen (secondary N) is 2. The summed E-state index contributed by atoms with van der Waals surface area (Å²) in [4.78, 5) is 12.4. The summed E-state index contributed by atoms with van der Waals surface area (Å²) in [7, 11) is 1.64. The lowest BCUT2D eigenvalue weighted by Crippen LogP contribution is -2.23. The van der Waals surface area contributed by atoms with Gasteiger partial charge in [-0.25, -0.2) is 0 Å². The van der Waals surface area contributed by atoms with Crippen molar-refractivity contribution in [3.63, 3.8) is 0 Å². The normalized spacial score (nSPS) is 10.6. The van der Waals surface area contributed by atoms with Gasteiger partial charge in [-0.05, 0) is 49.7 Å². The van der Waals surface area contributed by atoms with E-state index >= 15 is 0 Å². The standard InChI is InChI=1S/C20H26N2O3/c1-15(2)22-18-8-5-7-17(13-18)20(23)21-14-16-6-4-9-19(12-16)25-11-10-24-3/h4-9,12-13,15,22H,10-11,14H2,1-3H3,(H,21,23). The Bertz CT molecular complexity index is 686. The molecule has 0 saturated carbocycles. The van der Waals surface area contributed by atoms with Crippen LogP contribution in [-0.4, -0.2) is 32.3 Å². The summed E-state index contributed by atoms with van der Waals surface area (Å²) in [6.07, 6.45) is 0. The minimum absolute atomic E-state index is 0.0990. The Morgan fingerprint density at radius 3 is 2.64 bits per heavy atom. The number of ether oxygens (including phenoxy) is 2. The largest absolute Gasteiger partial charge is 0.491 e. The molecule has 0 unspecified atom stereocenters. The first-order valence-electron chi connectivity index (χ1n) is 8.44. The van der Waals surface area contributed by atoms with Gasteiger partial charge in [-0.1, -0.05) is 18.2 Å². The molecule has 0 radical (unpaired) electrons. The van der Waals surface area contributed by atoms with E-state index in [1.54, 1.807) is 7.11 Å². The van der Waals surface area contributed by atoms with Crippen LogP contribution in [0.25, 0.3) is 0 Å². The molecule has 0 aliphatic heterocycles. The van der Waals surface area contributed by atoms with Crippen LogP contribution in [0.4, 0.5) is 5.69 Å². The molecule has 0 saturated heterocycles. The Morgan fingerprint density at radius 1 is 1.08 bits per heavy atom. The highest BCUT2D eigenvalue weighted by Crippen LogP contribution is 2.14. The number of carbonyl (C=O) groups excluding carboxylic acids is 1. The van der Waals surface area contributed by atoms with Crippen LogP contribution in [0.15, 0.2) is 48.5 Å². The molecule has 0 spiro atoms. The zero-order valence-corrected chi connectivity index (χ0v) is 15.0. The second kappa shape index (κ2) is 9.69. The molecule has 134 valence electrons. The number of carbonyl (C=O) groups is 1. The SMILES string of the molecule is COCCOc1cccc(CNC(=O)c2cccc(NC(C)C)c2)c1. The first kappa shape index (κ1) is 18.8. The fourth-order valence-corrected chi connectivity index (χ4v) is 2.36. The maximum Gasteiger partial charge on any atom is 0.251 e. The van der Waals surface area contributed by atoms with E-state index in [4.69, 9.17) is 9.47 Å². The first-order chi connectivity index (χ1) is 12.1. The van der Waals surface area contributed by atoms with Crippen LogP contribution in [0.1, 0.15) is 29.8 Å². The Labute approximate surface area is 149 Å². The summed E-state index contributed by atoms with van der Waals surface area (Å²) < 4.78 is 10.6. The second-order valence-electron chi connectivity index (χ2n) is 6.05. The molecule has 0 aliphatic carbocycles. The fourth-order valence-electron chi connectivity index (χ4n) is 2.36. The molecule has 0 aliphatic rings. The third kappa shape index (κ3) is 6.47. The van der Waals surface area contributed by atoms with Crippen molar-refractivity contribution in [2.24, 2.45) is 0 Å². The van der Waals surface area contributed by atoms with Crippen molar-refractivity contribution < 1.29 is 14.3 Å². The molecule has 1 amide bonds. The average Bonchev–Trinajstić information content (AvgIpc) is 2.60. The van der Waals surface area contributed by atoms with E-state index in [0.29, 0.717) is 31.4 Å². The molecule has 5 heteroatoms. The van der Waals surface area contributed by atoms with Crippen molar-refractivity contribution in [3.05, 3.63) is 59.7 Å². The molecule has 2 aromatic rings. The molecule has 0 bridgehead atoms. The maximum atomic E-state index is 12.4. The molecule has 2 aromatic carbocycles. The number of methoxy groups -OCH3 is 1. The maximum absolute atomic E-state index is 12.4. The van der Waals surface area contributed by atoms with Gasteiger partial charge in [0.2, 0.25) is 0 Å². The van der Waals surface area contributed by atoms with Gasteiger partial charge >= 0.3 is 0 Å². The zero-order chi connectivity index (χ0) is 18.1. The minimum Gasteiger partial charge on any atom is -0.491 e. The average molecular weight is 342 g/mol. The lowest BCUT2D eigenvalue weighted by atomic mass is 10.1. The van der Waals surface area contributed by atoms with Gasteiger partial charge < -0.3 is 20.1 Å². The van der Waals surface area contributed by atoms with Crippen molar-refractivity contribution in [3.8, 4) is 5.75 Å². The molecule has 2 N–H and O–H groups in total. The van der Waals surface area contributed by atoms with Crippen LogP contribution in [0.5, 0.6) is 5.75 Å². The Hall–Kier alpha value is -2.53. The van der Waals surface area contributed by atoms with E-state index in [2.05, 4.69) is 24.5 Å².